The summed E-state index contributed by atoms with van der Waals surface area (Å²) in [6.45, 7) is 3.67. The van der Waals surface area contributed by atoms with Gasteiger partial charge in [0.2, 0.25) is 0 Å². The monoisotopic (exact) mass is 500 g/mol. The molecule has 158 valence electrons. The molecule has 0 fully saturated rings. The molecule has 1 aliphatic rings. The van der Waals surface area contributed by atoms with E-state index in [2.05, 4.69) is 20.9 Å². The molecule has 0 radical (unpaired) electrons. The van der Waals surface area contributed by atoms with Gasteiger partial charge in [0.1, 0.15) is 5.82 Å². The van der Waals surface area contributed by atoms with Crippen LogP contribution in [-0.4, -0.2) is 17.1 Å². The number of rotatable bonds is 4. The number of fused-ring (bicyclic) bond motifs is 1. The molecule has 0 bridgehead atoms. The third-order valence-corrected chi connectivity index (χ3v) is 6.41. The summed E-state index contributed by atoms with van der Waals surface area (Å²) in [5, 5.41) is 0. The third-order valence-electron chi connectivity index (χ3n) is 4.89. The Kier molecular flexibility index (Phi) is 6.02. The van der Waals surface area contributed by atoms with E-state index in [9.17, 15) is 14.0 Å². The molecular formula is C23H18BrFN2O3S. The minimum absolute atomic E-state index is 0.209. The molecule has 2 aromatic carbocycles. The Bertz CT molecular complexity index is 1370. The zero-order valence-electron chi connectivity index (χ0n) is 16.8. The second kappa shape index (κ2) is 8.72. The van der Waals surface area contributed by atoms with Gasteiger partial charge in [-0.3, -0.25) is 9.36 Å². The number of carbonyl (C=O) groups excluding carboxylic acids is 1. The predicted molar refractivity (Wildman–Crippen MR) is 121 cm³/mol. The van der Waals surface area contributed by atoms with E-state index in [1.54, 1.807) is 32.0 Å². The maximum absolute atomic E-state index is 14.2. The molecule has 31 heavy (non-hydrogen) atoms. The molecule has 4 rings (SSSR count). The summed E-state index contributed by atoms with van der Waals surface area (Å²) in [6.07, 6.45) is 1.52. The number of halogens is 2. The molecule has 1 aromatic heterocycles. The maximum Gasteiger partial charge on any atom is 0.338 e. The van der Waals surface area contributed by atoms with Crippen molar-refractivity contribution in [2.75, 3.05) is 6.61 Å². The van der Waals surface area contributed by atoms with E-state index in [1.165, 1.54) is 16.7 Å². The maximum atomic E-state index is 14.2. The molecule has 1 aliphatic heterocycles. The standard InChI is InChI=1S/C23H18BrFN2O3S/c1-3-30-22(29)19-13(2)26-23-27(20(19)14-8-10-16(24)11-9-14)21(28)18(31-23)12-15-6-4-5-7-17(15)25/h4-12,20H,3H2,1-2H3. The van der Waals surface area contributed by atoms with Crippen molar-refractivity contribution >= 4 is 39.3 Å². The molecule has 0 spiro atoms. The molecule has 1 atom stereocenters. The summed E-state index contributed by atoms with van der Waals surface area (Å²) in [4.78, 5) is 31.1. The fourth-order valence-electron chi connectivity index (χ4n) is 3.49. The number of carbonyl (C=O) groups is 1. The molecule has 8 heteroatoms. The van der Waals surface area contributed by atoms with E-state index >= 15 is 0 Å². The number of hydrogen-bond acceptors (Lipinski definition) is 5. The average molecular weight is 501 g/mol. The van der Waals surface area contributed by atoms with Crippen LogP contribution < -0.4 is 14.9 Å². The van der Waals surface area contributed by atoms with Gasteiger partial charge in [0.25, 0.3) is 5.56 Å². The highest BCUT2D eigenvalue weighted by atomic mass is 79.9. The van der Waals surface area contributed by atoms with E-state index in [0.29, 0.717) is 26.2 Å². The molecule has 0 amide bonds. The van der Waals surface area contributed by atoms with Crippen molar-refractivity contribution in [1.82, 2.24) is 4.57 Å². The number of esters is 1. The molecule has 5 nitrogen and oxygen atoms in total. The third kappa shape index (κ3) is 4.05. The summed E-state index contributed by atoms with van der Waals surface area (Å²) in [5.41, 5.74) is 1.53. The topological polar surface area (TPSA) is 60.7 Å². The molecule has 3 aromatic rings. The van der Waals surface area contributed by atoms with E-state index in [4.69, 9.17) is 4.74 Å². The highest BCUT2D eigenvalue weighted by Crippen LogP contribution is 2.31. The van der Waals surface area contributed by atoms with Gasteiger partial charge >= 0.3 is 5.97 Å². The number of thiazole rings is 1. The molecule has 0 saturated heterocycles. The quantitative estimate of drug-likeness (QED) is 0.513. The Hall–Kier alpha value is -2.84. The lowest BCUT2D eigenvalue weighted by Crippen LogP contribution is -2.39. The smallest absolute Gasteiger partial charge is 0.338 e. The lowest BCUT2D eigenvalue weighted by Gasteiger charge is -2.24. The normalized spacial score (nSPS) is 16.1. The number of aromatic nitrogens is 1. The Morgan fingerprint density at radius 1 is 1.26 bits per heavy atom. The first kappa shape index (κ1) is 21.4. The Labute approximate surface area is 190 Å². The van der Waals surface area contributed by atoms with Crippen molar-refractivity contribution in [1.29, 1.82) is 0 Å². The average Bonchev–Trinajstić information content (AvgIpc) is 3.04. The Morgan fingerprint density at radius 3 is 2.65 bits per heavy atom. The molecule has 1 unspecified atom stereocenters. The Morgan fingerprint density at radius 2 is 1.97 bits per heavy atom. The van der Waals surface area contributed by atoms with Gasteiger partial charge in [-0.15, -0.1) is 0 Å². The number of benzene rings is 2. The van der Waals surface area contributed by atoms with Crippen LogP contribution in [0.15, 0.2) is 74.1 Å². The number of nitrogens with zero attached hydrogens (tertiary/aromatic N) is 2. The first-order chi connectivity index (χ1) is 14.9. The van der Waals surface area contributed by atoms with E-state index in [0.717, 1.165) is 21.4 Å². The van der Waals surface area contributed by atoms with Crippen molar-refractivity contribution in [2.24, 2.45) is 4.99 Å². The highest BCUT2D eigenvalue weighted by molar-refractivity contribution is 9.10. The largest absolute Gasteiger partial charge is 0.463 e. The predicted octanol–water partition coefficient (Wildman–Crippen LogP) is 3.70. The minimum Gasteiger partial charge on any atom is -0.463 e. The Balaban J connectivity index is 1.97. The van der Waals surface area contributed by atoms with Gasteiger partial charge < -0.3 is 4.74 Å². The lowest BCUT2D eigenvalue weighted by molar-refractivity contribution is -0.139. The summed E-state index contributed by atoms with van der Waals surface area (Å²) in [6, 6.07) is 13.0. The number of ether oxygens (including phenoxy) is 1. The van der Waals surface area contributed by atoms with Crippen molar-refractivity contribution < 1.29 is 13.9 Å². The van der Waals surface area contributed by atoms with Crippen molar-refractivity contribution in [3.05, 3.63) is 101 Å². The van der Waals surface area contributed by atoms with Crippen LogP contribution in [0.4, 0.5) is 4.39 Å². The van der Waals surface area contributed by atoms with E-state index < -0.39 is 17.8 Å². The SMILES string of the molecule is CCOC(=O)C1=C(C)N=c2sc(=Cc3ccccc3F)c(=O)n2C1c1ccc(Br)cc1. The van der Waals surface area contributed by atoms with Gasteiger partial charge in [-0.25, -0.2) is 14.2 Å². The van der Waals surface area contributed by atoms with Crippen LogP contribution in [0.25, 0.3) is 6.08 Å². The van der Waals surface area contributed by atoms with Crippen LogP contribution in [-0.2, 0) is 9.53 Å². The van der Waals surface area contributed by atoms with Gasteiger partial charge in [-0.05, 0) is 43.7 Å². The van der Waals surface area contributed by atoms with Crippen LogP contribution >= 0.6 is 27.3 Å². The lowest BCUT2D eigenvalue weighted by atomic mass is 9.96. The minimum atomic E-state index is -0.689. The molecule has 0 N–H and O–H groups in total. The second-order valence-corrected chi connectivity index (χ2v) is 8.80. The van der Waals surface area contributed by atoms with Crippen LogP contribution in [0.1, 0.15) is 31.0 Å². The fraction of sp³-hybridized carbons (Fsp3) is 0.174. The summed E-state index contributed by atoms with van der Waals surface area (Å²) in [5.74, 6) is -0.929. The van der Waals surface area contributed by atoms with Crippen LogP contribution in [0.3, 0.4) is 0 Å². The zero-order valence-corrected chi connectivity index (χ0v) is 19.2. The van der Waals surface area contributed by atoms with Crippen LogP contribution in [0.5, 0.6) is 0 Å². The van der Waals surface area contributed by atoms with E-state index in [1.807, 2.05) is 24.3 Å². The van der Waals surface area contributed by atoms with Crippen molar-refractivity contribution in [3.63, 3.8) is 0 Å². The van der Waals surface area contributed by atoms with E-state index in [-0.39, 0.29) is 12.2 Å². The zero-order chi connectivity index (χ0) is 22.1. The van der Waals surface area contributed by atoms with Crippen LogP contribution in [0, 0.1) is 5.82 Å². The van der Waals surface area contributed by atoms with Gasteiger partial charge in [-0.1, -0.05) is 57.6 Å². The summed E-state index contributed by atoms with van der Waals surface area (Å²) < 4.78 is 22.1. The van der Waals surface area contributed by atoms with Gasteiger partial charge in [-0.2, -0.15) is 0 Å². The molecule has 2 heterocycles. The number of allylic oxidation sites excluding steroid dienone is 1. The first-order valence-corrected chi connectivity index (χ1v) is 11.2. The molecule has 0 aliphatic carbocycles. The van der Waals surface area contributed by atoms with Gasteiger partial charge in [0.15, 0.2) is 4.80 Å². The highest BCUT2D eigenvalue weighted by Gasteiger charge is 2.33. The van der Waals surface area contributed by atoms with Crippen molar-refractivity contribution in [3.8, 4) is 0 Å². The van der Waals surface area contributed by atoms with Crippen LogP contribution in [0.2, 0.25) is 0 Å². The molecule has 0 saturated carbocycles. The first-order valence-electron chi connectivity index (χ1n) is 9.60. The second-order valence-electron chi connectivity index (χ2n) is 6.88. The fourth-order valence-corrected chi connectivity index (χ4v) is 4.79. The number of hydrogen-bond donors (Lipinski definition) is 0. The van der Waals surface area contributed by atoms with Gasteiger partial charge in [0, 0.05) is 10.0 Å². The summed E-state index contributed by atoms with van der Waals surface area (Å²) in [7, 11) is 0. The van der Waals surface area contributed by atoms with Crippen molar-refractivity contribution in [2.45, 2.75) is 19.9 Å². The van der Waals surface area contributed by atoms with Gasteiger partial charge in [0.05, 0.1) is 28.5 Å². The molecular weight excluding hydrogens is 483 g/mol. The summed E-state index contributed by atoms with van der Waals surface area (Å²) >= 11 is 4.58.